The highest BCUT2D eigenvalue weighted by Crippen LogP contribution is 2.25. The minimum absolute atomic E-state index is 0.240. The number of amides is 1. The molecule has 8 heteroatoms. The van der Waals surface area contributed by atoms with Gasteiger partial charge in [-0.3, -0.25) is 4.79 Å². The van der Waals surface area contributed by atoms with Crippen molar-refractivity contribution in [2.24, 2.45) is 0 Å². The number of ether oxygens (including phenoxy) is 1. The first-order valence-corrected chi connectivity index (χ1v) is 9.47. The Bertz CT molecular complexity index is 1240. The number of carbonyl (C=O) groups excluding carboxylic acids is 2. The van der Waals surface area contributed by atoms with Crippen LogP contribution in [0.1, 0.15) is 26.4 Å². The number of halogens is 1. The maximum Gasteiger partial charge on any atom is 0.339 e. The van der Waals surface area contributed by atoms with Gasteiger partial charge < -0.3 is 14.6 Å². The molecule has 4 rings (SSSR count). The third-order valence-electron chi connectivity index (χ3n) is 4.76. The van der Waals surface area contributed by atoms with Crippen LogP contribution in [0.25, 0.3) is 11.5 Å². The fourth-order valence-corrected chi connectivity index (χ4v) is 3.32. The fraction of sp³-hybridized carbons (Fsp3) is 0.0870. The number of nitrogens with zero attached hydrogens (tertiary/aromatic N) is 3. The van der Waals surface area contributed by atoms with Gasteiger partial charge in [0, 0.05) is 12.4 Å². The van der Waals surface area contributed by atoms with Gasteiger partial charge in [0.25, 0.3) is 5.91 Å². The third kappa shape index (κ3) is 3.83. The van der Waals surface area contributed by atoms with Crippen LogP contribution >= 0.6 is 0 Å². The molecule has 0 radical (unpaired) electrons. The van der Waals surface area contributed by atoms with E-state index in [-0.39, 0.29) is 11.4 Å². The molecule has 0 unspecified atom stereocenters. The Kier molecular flexibility index (Phi) is 5.36. The second-order valence-corrected chi connectivity index (χ2v) is 6.75. The van der Waals surface area contributed by atoms with Crippen molar-refractivity contribution in [3.8, 4) is 11.5 Å². The second-order valence-electron chi connectivity index (χ2n) is 6.75. The van der Waals surface area contributed by atoms with Crippen LogP contribution < -0.4 is 5.32 Å². The summed E-state index contributed by atoms with van der Waals surface area (Å²) < 4.78 is 21.6. The van der Waals surface area contributed by atoms with Crippen molar-refractivity contribution in [3.63, 3.8) is 0 Å². The van der Waals surface area contributed by atoms with Crippen LogP contribution in [0.15, 0.2) is 73.1 Å². The summed E-state index contributed by atoms with van der Waals surface area (Å²) in [5.41, 5.74) is 1.96. The van der Waals surface area contributed by atoms with E-state index in [0.29, 0.717) is 28.5 Å². The highest BCUT2D eigenvalue weighted by atomic mass is 19.1. The molecule has 1 N–H and O–H groups in total. The van der Waals surface area contributed by atoms with E-state index in [4.69, 9.17) is 4.74 Å². The molecule has 0 saturated carbocycles. The summed E-state index contributed by atoms with van der Waals surface area (Å²) in [7, 11) is 1.28. The number of esters is 1. The Balaban J connectivity index is 1.81. The molecule has 1 amide bonds. The van der Waals surface area contributed by atoms with Crippen molar-refractivity contribution in [2.75, 3.05) is 12.4 Å². The van der Waals surface area contributed by atoms with E-state index >= 15 is 0 Å². The average molecular weight is 418 g/mol. The largest absolute Gasteiger partial charge is 0.465 e. The monoisotopic (exact) mass is 418 g/mol. The number of nitrogens with one attached hydrogen (secondary N) is 1. The number of carbonyl (C=O) groups is 2. The topological polar surface area (TPSA) is 78.2 Å². The molecule has 0 spiro atoms. The molecular weight excluding hydrogens is 399 g/mol. The van der Waals surface area contributed by atoms with Gasteiger partial charge >= 0.3 is 5.97 Å². The molecule has 7 nitrogen and oxygen atoms in total. The van der Waals surface area contributed by atoms with E-state index in [9.17, 15) is 14.0 Å². The van der Waals surface area contributed by atoms with Crippen LogP contribution in [0.2, 0.25) is 0 Å². The Morgan fingerprint density at radius 2 is 1.68 bits per heavy atom. The van der Waals surface area contributed by atoms with Crippen molar-refractivity contribution in [3.05, 3.63) is 95.7 Å². The maximum absolute atomic E-state index is 13.4. The van der Waals surface area contributed by atoms with Crippen molar-refractivity contribution < 1.29 is 18.7 Å². The number of hydrogen-bond donors (Lipinski definition) is 1. The van der Waals surface area contributed by atoms with Gasteiger partial charge in [0.2, 0.25) is 0 Å². The van der Waals surface area contributed by atoms with Crippen molar-refractivity contribution in [1.82, 2.24) is 14.3 Å². The Labute approximate surface area is 177 Å². The molecule has 156 valence electrons. The standard InChI is InChI=1S/C23H19FN4O3/c1-15-20(21(29)25-19-8-4-3-7-18(19)23(30)31-2)22(27-13-5-6-14-27)28(26-15)17-11-9-16(24)10-12-17/h3-14H,1-2H3,(H,25,29). The van der Waals surface area contributed by atoms with Gasteiger partial charge in [-0.2, -0.15) is 5.10 Å². The lowest BCUT2D eigenvalue weighted by Gasteiger charge is -2.13. The lowest BCUT2D eigenvalue weighted by molar-refractivity contribution is 0.0602. The van der Waals surface area contributed by atoms with Gasteiger partial charge in [-0.1, -0.05) is 12.1 Å². The number of aromatic nitrogens is 3. The SMILES string of the molecule is COC(=O)c1ccccc1NC(=O)c1c(C)nn(-c2ccc(F)cc2)c1-n1cccc1. The summed E-state index contributed by atoms with van der Waals surface area (Å²) in [6, 6.07) is 16.1. The molecule has 2 heterocycles. The maximum atomic E-state index is 13.4. The number of anilines is 1. The third-order valence-corrected chi connectivity index (χ3v) is 4.76. The second kappa shape index (κ2) is 8.27. The highest BCUT2D eigenvalue weighted by molar-refractivity contribution is 6.10. The molecule has 4 aromatic rings. The fourth-order valence-electron chi connectivity index (χ4n) is 3.32. The smallest absolute Gasteiger partial charge is 0.339 e. The minimum atomic E-state index is -0.555. The first-order valence-electron chi connectivity index (χ1n) is 9.47. The van der Waals surface area contributed by atoms with E-state index < -0.39 is 11.9 Å². The zero-order valence-corrected chi connectivity index (χ0v) is 16.9. The zero-order chi connectivity index (χ0) is 22.0. The molecule has 31 heavy (non-hydrogen) atoms. The van der Waals surface area contributed by atoms with Crippen LogP contribution in [0, 0.1) is 12.7 Å². The summed E-state index contributed by atoms with van der Waals surface area (Å²) in [6.45, 7) is 1.72. The van der Waals surface area contributed by atoms with Crippen LogP contribution in [0.5, 0.6) is 0 Å². The molecule has 0 bridgehead atoms. The predicted molar refractivity (Wildman–Crippen MR) is 113 cm³/mol. The summed E-state index contributed by atoms with van der Waals surface area (Å²) in [6.07, 6.45) is 3.57. The molecule has 0 atom stereocenters. The summed E-state index contributed by atoms with van der Waals surface area (Å²) >= 11 is 0. The van der Waals surface area contributed by atoms with E-state index in [1.54, 1.807) is 65.0 Å². The molecule has 0 aliphatic heterocycles. The van der Waals surface area contributed by atoms with Crippen molar-refractivity contribution >= 4 is 17.6 Å². The summed E-state index contributed by atoms with van der Waals surface area (Å²) in [4.78, 5) is 25.4. The number of rotatable bonds is 5. The number of aryl methyl sites for hydroxylation is 1. The minimum Gasteiger partial charge on any atom is -0.465 e. The van der Waals surface area contributed by atoms with E-state index in [2.05, 4.69) is 10.4 Å². The summed E-state index contributed by atoms with van der Waals surface area (Å²) in [5.74, 6) is -0.874. The van der Waals surface area contributed by atoms with Crippen molar-refractivity contribution in [2.45, 2.75) is 6.92 Å². The number of para-hydroxylation sites is 1. The Hall–Kier alpha value is -4.20. The quantitative estimate of drug-likeness (QED) is 0.494. The van der Waals surface area contributed by atoms with E-state index in [0.717, 1.165) is 0 Å². The Morgan fingerprint density at radius 3 is 2.35 bits per heavy atom. The molecule has 0 aliphatic carbocycles. The van der Waals surface area contributed by atoms with E-state index in [1.807, 2.05) is 12.1 Å². The zero-order valence-electron chi connectivity index (χ0n) is 16.9. The number of methoxy groups -OCH3 is 1. The van der Waals surface area contributed by atoms with Crippen LogP contribution in [-0.4, -0.2) is 33.3 Å². The first-order chi connectivity index (χ1) is 15.0. The highest BCUT2D eigenvalue weighted by Gasteiger charge is 2.25. The molecule has 0 aliphatic rings. The van der Waals surface area contributed by atoms with E-state index in [1.165, 1.54) is 19.2 Å². The van der Waals surface area contributed by atoms with Gasteiger partial charge in [-0.25, -0.2) is 13.9 Å². The van der Waals surface area contributed by atoms with Crippen molar-refractivity contribution in [1.29, 1.82) is 0 Å². The predicted octanol–water partition coefficient (Wildman–Crippen LogP) is 4.15. The summed E-state index contributed by atoms with van der Waals surface area (Å²) in [5, 5.41) is 7.32. The van der Waals surface area contributed by atoms with Gasteiger partial charge in [0.1, 0.15) is 11.4 Å². The van der Waals surface area contributed by atoms with Crippen LogP contribution in [-0.2, 0) is 4.74 Å². The Morgan fingerprint density at radius 1 is 1.00 bits per heavy atom. The molecule has 2 aromatic carbocycles. The molecule has 0 fully saturated rings. The number of benzene rings is 2. The van der Waals surface area contributed by atoms with Crippen LogP contribution in [0.4, 0.5) is 10.1 Å². The molecule has 0 saturated heterocycles. The first kappa shape index (κ1) is 20.1. The van der Waals surface area contributed by atoms with Gasteiger partial charge in [0.05, 0.1) is 29.7 Å². The lowest BCUT2D eigenvalue weighted by atomic mass is 10.1. The van der Waals surface area contributed by atoms with Gasteiger partial charge in [-0.05, 0) is 55.5 Å². The van der Waals surface area contributed by atoms with Gasteiger partial charge in [-0.15, -0.1) is 0 Å². The lowest BCUT2D eigenvalue weighted by Crippen LogP contribution is -2.18. The number of hydrogen-bond acceptors (Lipinski definition) is 4. The normalized spacial score (nSPS) is 10.7. The molecular formula is C23H19FN4O3. The average Bonchev–Trinajstić information content (AvgIpc) is 3.41. The van der Waals surface area contributed by atoms with Crippen LogP contribution in [0.3, 0.4) is 0 Å². The molecule has 2 aromatic heterocycles. The van der Waals surface area contributed by atoms with Gasteiger partial charge in [0.15, 0.2) is 5.82 Å².